The van der Waals surface area contributed by atoms with Crippen LogP contribution < -0.4 is 14.8 Å². The fourth-order valence-corrected chi connectivity index (χ4v) is 2.21. The van der Waals surface area contributed by atoms with Gasteiger partial charge in [-0.2, -0.15) is 8.78 Å². The molecule has 0 radical (unpaired) electrons. The van der Waals surface area contributed by atoms with Crippen LogP contribution in [0.5, 0.6) is 11.5 Å². The van der Waals surface area contributed by atoms with E-state index in [4.69, 9.17) is 4.74 Å². The molecule has 0 bridgehead atoms. The van der Waals surface area contributed by atoms with E-state index in [1.807, 2.05) is 0 Å². The number of carbonyl (C=O) groups is 1. The molecule has 0 aliphatic heterocycles. The fraction of sp³-hybridized carbons (Fsp3) is 0.533. The van der Waals surface area contributed by atoms with Gasteiger partial charge in [0.1, 0.15) is 0 Å². The highest BCUT2D eigenvalue weighted by atomic mass is 19.3. The van der Waals surface area contributed by atoms with Gasteiger partial charge < -0.3 is 14.8 Å². The molecule has 6 heteroatoms. The lowest BCUT2D eigenvalue weighted by molar-refractivity contribution is -0.122. The second-order valence-corrected chi connectivity index (χ2v) is 5.22. The first-order chi connectivity index (χ1) is 10.0. The quantitative estimate of drug-likeness (QED) is 0.842. The Morgan fingerprint density at radius 1 is 1.43 bits per heavy atom. The predicted octanol–water partition coefficient (Wildman–Crippen LogP) is 2.61. The summed E-state index contributed by atoms with van der Waals surface area (Å²) in [6.45, 7) is -0.318. The van der Waals surface area contributed by atoms with Crippen molar-refractivity contribution >= 4 is 5.91 Å². The first-order valence-corrected chi connectivity index (χ1v) is 6.90. The molecular weight excluding hydrogens is 280 g/mol. The highest BCUT2D eigenvalue weighted by Crippen LogP contribution is 2.37. The van der Waals surface area contributed by atoms with E-state index in [0.717, 1.165) is 12.0 Å². The van der Waals surface area contributed by atoms with E-state index in [-0.39, 0.29) is 23.3 Å². The number of amides is 1. The van der Waals surface area contributed by atoms with Crippen molar-refractivity contribution in [2.24, 2.45) is 11.8 Å². The maximum Gasteiger partial charge on any atom is 0.387 e. The van der Waals surface area contributed by atoms with Crippen molar-refractivity contribution in [2.75, 3.05) is 13.7 Å². The molecule has 1 fully saturated rings. The molecule has 1 saturated carbocycles. The number of halogens is 2. The zero-order valence-electron chi connectivity index (χ0n) is 12.1. The third kappa shape index (κ3) is 4.31. The lowest BCUT2D eigenvalue weighted by atomic mass is 10.1. The van der Waals surface area contributed by atoms with Crippen molar-refractivity contribution < 1.29 is 23.0 Å². The summed E-state index contributed by atoms with van der Waals surface area (Å²) in [6, 6.07) is 4.78. The van der Waals surface area contributed by atoms with Gasteiger partial charge in [-0.15, -0.1) is 0 Å². The Labute approximate surface area is 122 Å². The minimum absolute atomic E-state index is 0.00657. The lowest BCUT2D eigenvalue weighted by Gasteiger charge is -2.11. The van der Waals surface area contributed by atoms with E-state index in [1.54, 1.807) is 12.1 Å². The molecule has 1 amide bonds. The van der Waals surface area contributed by atoms with Crippen molar-refractivity contribution in [1.29, 1.82) is 0 Å². The first kappa shape index (κ1) is 15.5. The van der Waals surface area contributed by atoms with Crippen molar-refractivity contribution in [2.45, 2.75) is 26.4 Å². The molecule has 21 heavy (non-hydrogen) atoms. The fourth-order valence-electron chi connectivity index (χ4n) is 2.21. The molecule has 0 aromatic heterocycles. The molecule has 0 saturated heterocycles. The largest absolute Gasteiger partial charge is 0.493 e. The standard InChI is InChI=1S/C15H19F2NO3/c1-9-7-11(9)14(19)18-6-5-10-3-4-12(21-15(16)17)13(8-10)20-2/h3-4,8-9,11,15H,5-7H2,1-2H3,(H,18,19). The van der Waals surface area contributed by atoms with E-state index in [9.17, 15) is 13.6 Å². The summed E-state index contributed by atoms with van der Waals surface area (Å²) in [5, 5.41) is 2.88. The number of hydrogen-bond acceptors (Lipinski definition) is 3. The molecule has 1 aromatic carbocycles. The van der Waals surface area contributed by atoms with Gasteiger partial charge in [0.15, 0.2) is 11.5 Å². The molecule has 0 spiro atoms. The molecule has 2 atom stereocenters. The van der Waals surface area contributed by atoms with Gasteiger partial charge in [-0.25, -0.2) is 0 Å². The van der Waals surface area contributed by atoms with Crippen LogP contribution in [0.15, 0.2) is 18.2 Å². The first-order valence-electron chi connectivity index (χ1n) is 6.90. The number of nitrogens with one attached hydrogen (secondary N) is 1. The predicted molar refractivity (Wildman–Crippen MR) is 73.6 cm³/mol. The van der Waals surface area contributed by atoms with Crippen LogP contribution in [0.2, 0.25) is 0 Å². The van der Waals surface area contributed by atoms with Crippen molar-refractivity contribution in [3.8, 4) is 11.5 Å². The summed E-state index contributed by atoms with van der Waals surface area (Å²) >= 11 is 0. The Morgan fingerprint density at radius 2 is 2.14 bits per heavy atom. The Hall–Kier alpha value is -1.85. The van der Waals surface area contributed by atoms with Crippen LogP contribution in [0.25, 0.3) is 0 Å². The zero-order chi connectivity index (χ0) is 15.4. The zero-order valence-corrected chi connectivity index (χ0v) is 12.1. The summed E-state index contributed by atoms with van der Waals surface area (Å²) in [5.74, 6) is 0.992. The summed E-state index contributed by atoms with van der Waals surface area (Å²) in [4.78, 5) is 11.7. The van der Waals surface area contributed by atoms with Crippen LogP contribution in [0.3, 0.4) is 0 Å². The van der Waals surface area contributed by atoms with Crippen LogP contribution in [0.1, 0.15) is 18.9 Å². The van der Waals surface area contributed by atoms with Crippen molar-refractivity contribution in [1.82, 2.24) is 5.32 Å². The van der Waals surface area contributed by atoms with Gasteiger partial charge >= 0.3 is 6.61 Å². The van der Waals surface area contributed by atoms with Crippen LogP contribution in [0.4, 0.5) is 8.78 Å². The number of ether oxygens (including phenoxy) is 2. The summed E-state index contributed by atoms with van der Waals surface area (Å²) in [6.07, 6.45) is 1.57. The number of rotatable bonds is 7. The summed E-state index contributed by atoms with van der Waals surface area (Å²) in [5.41, 5.74) is 0.887. The van der Waals surface area contributed by atoms with Gasteiger partial charge in [-0.3, -0.25) is 4.79 Å². The molecule has 1 aliphatic rings. The highest BCUT2D eigenvalue weighted by molar-refractivity contribution is 5.81. The lowest BCUT2D eigenvalue weighted by Crippen LogP contribution is -2.27. The molecule has 4 nitrogen and oxygen atoms in total. The third-order valence-corrected chi connectivity index (χ3v) is 3.60. The second kappa shape index (κ2) is 6.74. The van der Waals surface area contributed by atoms with E-state index >= 15 is 0 Å². The SMILES string of the molecule is COc1cc(CCNC(=O)C2CC2C)ccc1OC(F)F. The van der Waals surface area contributed by atoms with Gasteiger partial charge in [0.05, 0.1) is 7.11 Å². The van der Waals surface area contributed by atoms with Crippen molar-refractivity contribution in [3.63, 3.8) is 0 Å². The molecular formula is C15H19F2NO3. The van der Waals surface area contributed by atoms with E-state index in [2.05, 4.69) is 17.0 Å². The Balaban J connectivity index is 1.87. The number of alkyl halides is 2. The van der Waals surface area contributed by atoms with Gasteiger partial charge in [0.2, 0.25) is 5.91 Å². The minimum Gasteiger partial charge on any atom is -0.493 e. The monoisotopic (exact) mass is 299 g/mol. The van der Waals surface area contributed by atoms with Gasteiger partial charge in [0.25, 0.3) is 0 Å². The van der Waals surface area contributed by atoms with Crippen LogP contribution in [-0.4, -0.2) is 26.2 Å². The molecule has 2 rings (SSSR count). The average Bonchev–Trinajstić information content (AvgIpc) is 3.16. The maximum atomic E-state index is 12.2. The molecule has 1 aromatic rings. The maximum absolute atomic E-state index is 12.2. The highest BCUT2D eigenvalue weighted by Gasteiger charge is 2.38. The number of hydrogen-bond donors (Lipinski definition) is 1. The molecule has 2 unspecified atom stereocenters. The average molecular weight is 299 g/mol. The van der Waals surface area contributed by atoms with E-state index < -0.39 is 6.61 Å². The Kier molecular flexibility index (Phi) is 4.98. The number of benzene rings is 1. The van der Waals surface area contributed by atoms with Crippen LogP contribution >= 0.6 is 0 Å². The van der Waals surface area contributed by atoms with E-state index in [1.165, 1.54) is 13.2 Å². The number of methoxy groups -OCH3 is 1. The summed E-state index contributed by atoms with van der Waals surface area (Å²) in [7, 11) is 1.40. The summed E-state index contributed by atoms with van der Waals surface area (Å²) < 4.78 is 33.8. The van der Waals surface area contributed by atoms with Gasteiger partial charge in [0, 0.05) is 12.5 Å². The Morgan fingerprint density at radius 3 is 2.71 bits per heavy atom. The normalized spacial score (nSPS) is 20.2. The smallest absolute Gasteiger partial charge is 0.387 e. The Bertz CT molecular complexity index is 508. The minimum atomic E-state index is -2.88. The molecule has 116 valence electrons. The number of carbonyl (C=O) groups excluding carboxylic acids is 1. The second-order valence-electron chi connectivity index (χ2n) is 5.22. The van der Waals surface area contributed by atoms with Gasteiger partial charge in [-0.05, 0) is 36.5 Å². The third-order valence-electron chi connectivity index (χ3n) is 3.60. The van der Waals surface area contributed by atoms with Crippen molar-refractivity contribution in [3.05, 3.63) is 23.8 Å². The molecule has 1 N–H and O–H groups in total. The van der Waals surface area contributed by atoms with Crippen LogP contribution in [0, 0.1) is 11.8 Å². The molecule has 1 aliphatic carbocycles. The van der Waals surface area contributed by atoms with E-state index in [0.29, 0.717) is 18.9 Å². The molecule has 0 heterocycles. The van der Waals surface area contributed by atoms with Gasteiger partial charge in [-0.1, -0.05) is 13.0 Å². The van der Waals surface area contributed by atoms with Crippen LogP contribution in [-0.2, 0) is 11.2 Å². The topological polar surface area (TPSA) is 47.6 Å².